The number of hydrogen-bond donors (Lipinski definition) is 0. The SMILES string of the molecule is Fc1ccc(F)c(-c2c3ccccc3c(-c3ccc4oc5ccccc5c4c3)c3ccccc23)c1. The highest BCUT2D eigenvalue weighted by atomic mass is 19.1. The molecule has 0 saturated carbocycles. The van der Waals surface area contributed by atoms with Gasteiger partial charge >= 0.3 is 0 Å². The Morgan fingerprint density at radius 3 is 1.71 bits per heavy atom. The molecule has 0 bridgehead atoms. The average molecular weight is 456 g/mol. The van der Waals surface area contributed by atoms with Crippen LogP contribution < -0.4 is 0 Å². The summed E-state index contributed by atoms with van der Waals surface area (Å²) in [4.78, 5) is 0. The highest BCUT2D eigenvalue weighted by Gasteiger charge is 2.19. The second-order valence-electron chi connectivity index (χ2n) is 8.77. The predicted octanol–water partition coefficient (Wildman–Crippen LogP) is 9.50. The molecule has 0 spiro atoms. The van der Waals surface area contributed by atoms with Gasteiger partial charge in [-0.25, -0.2) is 8.78 Å². The molecule has 0 aliphatic heterocycles. The van der Waals surface area contributed by atoms with Crippen molar-refractivity contribution in [1.29, 1.82) is 0 Å². The Morgan fingerprint density at radius 2 is 1.03 bits per heavy atom. The predicted molar refractivity (Wildman–Crippen MR) is 140 cm³/mol. The highest BCUT2D eigenvalue weighted by Crippen LogP contribution is 2.45. The van der Waals surface area contributed by atoms with Gasteiger partial charge in [-0.3, -0.25) is 0 Å². The lowest BCUT2D eigenvalue weighted by atomic mass is 9.85. The first-order valence-electron chi connectivity index (χ1n) is 11.5. The van der Waals surface area contributed by atoms with Gasteiger partial charge in [0.25, 0.3) is 0 Å². The molecule has 0 saturated heterocycles. The third kappa shape index (κ3) is 2.98. The number of rotatable bonds is 2. The summed E-state index contributed by atoms with van der Waals surface area (Å²) >= 11 is 0. The first kappa shape index (κ1) is 19.9. The lowest BCUT2D eigenvalue weighted by Gasteiger charge is -2.18. The van der Waals surface area contributed by atoms with Gasteiger partial charge in [0, 0.05) is 21.9 Å². The molecular weight excluding hydrogens is 438 g/mol. The lowest BCUT2D eigenvalue weighted by molar-refractivity contribution is 0.603. The molecule has 0 atom stereocenters. The van der Waals surface area contributed by atoms with Crippen molar-refractivity contribution in [3.8, 4) is 22.3 Å². The molecule has 0 amide bonds. The fourth-order valence-electron chi connectivity index (χ4n) is 5.30. The van der Waals surface area contributed by atoms with Crippen LogP contribution in [0.4, 0.5) is 8.78 Å². The normalized spacial score (nSPS) is 11.7. The van der Waals surface area contributed by atoms with Crippen LogP contribution in [0.1, 0.15) is 0 Å². The number of halogens is 2. The van der Waals surface area contributed by atoms with E-state index in [1.54, 1.807) is 0 Å². The van der Waals surface area contributed by atoms with Gasteiger partial charge in [-0.1, -0.05) is 72.8 Å². The number of furan rings is 1. The Morgan fingerprint density at radius 1 is 0.457 bits per heavy atom. The van der Waals surface area contributed by atoms with Crippen molar-refractivity contribution >= 4 is 43.5 Å². The molecule has 1 nitrogen and oxygen atoms in total. The van der Waals surface area contributed by atoms with Gasteiger partial charge in [-0.2, -0.15) is 0 Å². The van der Waals surface area contributed by atoms with E-state index in [4.69, 9.17) is 4.42 Å². The van der Waals surface area contributed by atoms with Gasteiger partial charge in [0.05, 0.1) is 0 Å². The van der Waals surface area contributed by atoms with Crippen LogP contribution in [0.25, 0.3) is 65.7 Å². The van der Waals surface area contributed by atoms with Crippen LogP contribution in [-0.4, -0.2) is 0 Å². The number of para-hydroxylation sites is 1. The lowest BCUT2D eigenvalue weighted by Crippen LogP contribution is -1.93. The number of hydrogen-bond acceptors (Lipinski definition) is 1. The molecule has 1 heterocycles. The zero-order valence-corrected chi connectivity index (χ0v) is 18.6. The minimum Gasteiger partial charge on any atom is -0.456 e. The third-order valence-electron chi connectivity index (χ3n) is 6.79. The van der Waals surface area contributed by atoms with Gasteiger partial charge in [0.15, 0.2) is 0 Å². The van der Waals surface area contributed by atoms with Crippen LogP contribution in [0.15, 0.2) is 114 Å². The van der Waals surface area contributed by atoms with E-state index in [1.807, 2.05) is 60.7 Å². The molecule has 3 heteroatoms. The topological polar surface area (TPSA) is 13.1 Å². The molecule has 0 unspecified atom stereocenters. The molecule has 7 rings (SSSR count). The van der Waals surface area contributed by atoms with Gasteiger partial charge in [-0.15, -0.1) is 0 Å². The maximum atomic E-state index is 15.0. The molecular formula is C32H18F2O. The van der Waals surface area contributed by atoms with E-state index in [1.165, 1.54) is 12.1 Å². The summed E-state index contributed by atoms with van der Waals surface area (Å²) in [6.07, 6.45) is 0. The van der Waals surface area contributed by atoms with E-state index in [0.29, 0.717) is 5.56 Å². The van der Waals surface area contributed by atoms with Crippen LogP contribution in [0, 0.1) is 11.6 Å². The fourth-order valence-corrected chi connectivity index (χ4v) is 5.30. The molecule has 1 aromatic heterocycles. The van der Waals surface area contributed by atoms with Crippen molar-refractivity contribution in [2.24, 2.45) is 0 Å². The maximum Gasteiger partial charge on any atom is 0.135 e. The molecule has 166 valence electrons. The highest BCUT2D eigenvalue weighted by molar-refractivity contribution is 6.22. The molecule has 0 radical (unpaired) electrons. The van der Waals surface area contributed by atoms with Crippen LogP contribution in [0.5, 0.6) is 0 Å². The van der Waals surface area contributed by atoms with Gasteiger partial charge in [0.2, 0.25) is 0 Å². The van der Waals surface area contributed by atoms with E-state index < -0.39 is 11.6 Å². The summed E-state index contributed by atoms with van der Waals surface area (Å²) in [6.45, 7) is 0. The van der Waals surface area contributed by atoms with E-state index in [2.05, 4.69) is 30.3 Å². The minimum absolute atomic E-state index is 0.264. The fraction of sp³-hybridized carbons (Fsp3) is 0. The van der Waals surface area contributed by atoms with E-state index >= 15 is 4.39 Å². The Labute approximate surface area is 199 Å². The summed E-state index contributed by atoms with van der Waals surface area (Å²) < 4.78 is 35.3. The van der Waals surface area contributed by atoms with E-state index in [9.17, 15) is 4.39 Å². The van der Waals surface area contributed by atoms with E-state index in [0.717, 1.165) is 60.7 Å². The smallest absolute Gasteiger partial charge is 0.135 e. The van der Waals surface area contributed by atoms with E-state index in [-0.39, 0.29) is 5.56 Å². The molecule has 0 aliphatic rings. The molecule has 0 fully saturated rings. The maximum absolute atomic E-state index is 15.0. The number of fused-ring (bicyclic) bond motifs is 5. The summed E-state index contributed by atoms with van der Waals surface area (Å²) in [6, 6.07) is 33.8. The summed E-state index contributed by atoms with van der Waals surface area (Å²) in [5.41, 5.74) is 4.76. The minimum atomic E-state index is -0.462. The van der Waals surface area contributed by atoms with Crippen molar-refractivity contribution < 1.29 is 13.2 Å². The van der Waals surface area contributed by atoms with Crippen LogP contribution in [-0.2, 0) is 0 Å². The van der Waals surface area contributed by atoms with Gasteiger partial charge in [0.1, 0.15) is 22.8 Å². The van der Waals surface area contributed by atoms with Crippen LogP contribution >= 0.6 is 0 Å². The second-order valence-corrected chi connectivity index (χ2v) is 8.77. The van der Waals surface area contributed by atoms with Crippen LogP contribution in [0.2, 0.25) is 0 Å². The van der Waals surface area contributed by atoms with Gasteiger partial charge in [-0.05, 0) is 69.1 Å². The van der Waals surface area contributed by atoms with Crippen molar-refractivity contribution in [2.75, 3.05) is 0 Å². The van der Waals surface area contributed by atoms with Crippen molar-refractivity contribution in [1.82, 2.24) is 0 Å². The Bertz CT molecular complexity index is 1870. The summed E-state index contributed by atoms with van der Waals surface area (Å²) in [7, 11) is 0. The molecule has 35 heavy (non-hydrogen) atoms. The largest absolute Gasteiger partial charge is 0.456 e. The quantitative estimate of drug-likeness (QED) is 0.236. The molecule has 0 aliphatic carbocycles. The Balaban J connectivity index is 1.63. The first-order chi connectivity index (χ1) is 17.2. The third-order valence-corrected chi connectivity index (χ3v) is 6.79. The second kappa shape index (κ2) is 7.51. The molecule has 0 N–H and O–H groups in total. The van der Waals surface area contributed by atoms with Crippen molar-refractivity contribution in [3.63, 3.8) is 0 Å². The summed E-state index contributed by atoms with van der Waals surface area (Å²) in [5, 5.41) is 5.84. The monoisotopic (exact) mass is 456 g/mol. The summed E-state index contributed by atoms with van der Waals surface area (Å²) in [5.74, 6) is -0.906. The van der Waals surface area contributed by atoms with Gasteiger partial charge < -0.3 is 4.42 Å². The zero-order chi connectivity index (χ0) is 23.5. The molecule has 6 aromatic carbocycles. The zero-order valence-electron chi connectivity index (χ0n) is 18.6. The number of benzene rings is 6. The van der Waals surface area contributed by atoms with Crippen molar-refractivity contribution in [2.45, 2.75) is 0 Å². The standard InChI is InChI=1S/C32H18F2O/c33-20-14-15-28(34)27(18-20)32-24-10-3-1-8-22(24)31(23-9-2-4-11-25(23)32)19-13-16-30-26(17-19)21-7-5-6-12-29(21)35-30/h1-18H. The van der Waals surface area contributed by atoms with Crippen molar-refractivity contribution in [3.05, 3.63) is 121 Å². The first-order valence-corrected chi connectivity index (χ1v) is 11.5. The average Bonchev–Trinajstić information content (AvgIpc) is 3.27. The Kier molecular flexibility index (Phi) is 4.27. The van der Waals surface area contributed by atoms with Crippen LogP contribution in [0.3, 0.4) is 0 Å². The Hall–Kier alpha value is -4.50. The molecule has 7 aromatic rings.